The molecule has 0 aliphatic carbocycles. The molecule has 2 N–H and O–H groups in total. The minimum atomic E-state index is -1.13. The topological polar surface area (TPSA) is 58.6 Å². The fourth-order valence-corrected chi connectivity index (χ4v) is 1.95. The number of hydrogen-bond acceptors (Lipinski definition) is 2. The van der Waals surface area contributed by atoms with Crippen molar-refractivity contribution in [3.05, 3.63) is 0 Å². The maximum absolute atomic E-state index is 10.1. The van der Waals surface area contributed by atoms with Gasteiger partial charge in [0.05, 0.1) is 6.61 Å². The Bertz CT molecular complexity index is 186. The quantitative estimate of drug-likeness (QED) is 0.378. The molecule has 108 valence electrons. The number of carbonyl (C=O) groups is 1. The lowest BCUT2D eigenvalue weighted by molar-refractivity contribution is 0.0401. The molecule has 0 aromatic heterocycles. The summed E-state index contributed by atoms with van der Waals surface area (Å²) in [5.41, 5.74) is 1.90. The Morgan fingerprint density at radius 3 is 1.78 bits per heavy atom. The number of hydrogen-bond donors (Lipinski definition) is 2. The summed E-state index contributed by atoms with van der Waals surface area (Å²) in [6.07, 6.45) is 13.0. The molecule has 4 heteroatoms. The average Bonchev–Trinajstić information content (AvgIpc) is 2.34. The van der Waals surface area contributed by atoms with Crippen molar-refractivity contribution in [3.63, 3.8) is 0 Å². The molecule has 0 saturated heterocycles. The molecule has 0 aromatic carbocycles. The smallest absolute Gasteiger partial charge is 0.428 e. The fraction of sp³-hybridized carbons (Fsp3) is 0.929. The molecule has 0 radical (unpaired) electrons. The van der Waals surface area contributed by atoms with Crippen LogP contribution in [-0.2, 0) is 4.84 Å². The molecule has 0 unspecified atom stereocenters. The van der Waals surface area contributed by atoms with Crippen molar-refractivity contribution in [2.24, 2.45) is 0 Å². The summed E-state index contributed by atoms with van der Waals surface area (Å²) in [5, 5.41) is 8.25. The average molecular weight is 259 g/mol. The summed E-state index contributed by atoms with van der Waals surface area (Å²) in [6.45, 7) is 2.72. The number of nitrogens with one attached hydrogen (secondary N) is 1. The van der Waals surface area contributed by atoms with Crippen LogP contribution < -0.4 is 5.48 Å². The van der Waals surface area contributed by atoms with Crippen molar-refractivity contribution >= 4 is 6.09 Å². The summed E-state index contributed by atoms with van der Waals surface area (Å²) in [6, 6.07) is 0. The number of unbranched alkanes of at least 4 members (excludes halogenated alkanes) is 10. The van der Waals surface area contributed by atoms with Gasteiger partial charge >= 0.3 is 6.09 Å². The maximum Gasteiger partial charge on any atom is 0.428 e. The molecular formula is C14H29NO3. The Morgan fingerprint density at radius 1 is 0.889 bits per heavy atom. The van der Waals surface area contributed by atoms with Gasteiger partial charge in [0.2, 0.25) is 0 Å². The van der Waals surface area contributed by atoms with Gasteiger partial charge in [-0.3, -0.25) is 4.84 Å². The van der Waals surface area contributed by atoms with Crippen molar-refractivity contribution in [2.75, 3.05) is 6.61 Å². The Morgan fingerprint density at radius 2 is 1.33 bits per heavy atom. The highest BCUT2D eigenvalue weighted by atomic mass is 16.7. The molecule has 0 rings (SSSR count). The zero-order valence-electron chi connectivity index (χ0n) is 11.7. The van der Waals surface area contributed by atoms with E-state index in [4.69, 9.17) is 9.94 Å². The van der Waals surface area contributed by atoms with Crippen LogP contribution in [0, 0.1) is 0 Å². The van der Waals surface area contributed by atoms with Gasteiger partial charge in [-0.05, 0) is 6.42 Å². The highest BCUT2D eigenvalue weighted by molar-refractivity contribution is 5.62. The van der Waals surface area contributed by atoms with Gasteiger partial charge in [0, 0.05) is 0 Å². The van der Waals surface area contributed by atoms with Gasteiger partial charge in [-0.2, -0.15) is 5.48 Å². The molecule has 0 atom stereocenters. The normalized spacial score (nSPS) is 10.5. The molecule has 4 nitrogen and oxygen atoms in total. The van der Waals surface area contributed by atoms with Crippen LogP contribution in [0.5, 0.6) is 0 Å². The van der Waals surface area contributed by atoms with Crippen LogP contribution in [0.4, 0.5) is 4.79 Å². The summed E-state index contributed by atoms with van der Waals surface area (Å²) in [7, 11) is 0. The highest BCUT2D eigenvalue weighted by Crippen LogP contribution is 2.11. The Balaban J connectivity index is 2.92. The van der Waals surface area contributed by atoms with Crippen LogP contribution in [0.15, 0.2) is 0 Å². The SMILES string of the molecule is CCCCCCCCCCCCCONC(=O)O. The Hall–Kier alpha value is -0.770. The minimum absolute atomic E-state index is 0.476. The number of carboxylic acid groups (broad SMARTS) is 1. The summed E-state index contributed by atoms with van der Waals surface area (Å²) >= 11 is 0. The second-order valence-electron chi connectivity index (χ2n) is 4.79. The summed E-state index contributed by atoms with van der Waals surface area (Å²) in [5.74, 6) is 0. The van der Waals surface area contributed by atoms with Crippen molar-refractivity contribution in [3.8, 4) is 0 Å². The molecule has 0 fully saturated rings. The first-order chi connectivity index (χ1) is 8.77. The first kappa shape index (κ1) is 17.2. The first-order valence-corrected chi connectivity index (χ1v) is 7.38. The van der Waals surface area contributed by atoms with Crippen molar-refractivity contribution in [2.45, 2.75) is 77.6 Å². The summed E-state index contributed by atoms with van der Waals surface area (Å²) < 4.78 is 0. The van der Waals surface area contributed by atoms with E-state index in [9.17, 15) is 4.79 Å². The van der Waals surface area contributed by atoms with Crippen LogP contribution in [0.2, 0.25) is 0 Å². The van der Waals surface area contributed by atoms with Gasteiger partial charge in [-0.1, -0.05) is 71.1 Å². The fourth-order valence-electron chi connectivity index (χ4n) is 1.95. The van der Waals surface area contributed by atoms with E-state index in [1.54, 1.807) is 0 Å². The van der Waals surface area contributed by atoms with E-state index >= 15 is 0 Å². The second-order valence-corrected chi connectivity index (χ2v) is 4.79. The molecule has 0 aliphatic heterocycles. The lowest BCUT2D eigenvalue weighted by atomic mass is 10.1. The zero-order valence-corrected chi connectivity index (χ0v) is 11.7. The molecule has 0 saturated carbocycles. The predicted octanol–water partition coefficient (Wildman–Crippen LogP) is 4.50. The van der Waals surface area contributed by atoms with Crippen molar-refractivity contribution in [1.82, 2.24) is 5.48 Å². The van der Waals surface area contributed by atoms with Gasteiger partial charge in [0.25, 0.3) is 0 Å². The third-order valence-electron chi connectivity index (χ3n) is 3.01. The molecule has 0 aliphatic rings. The molecule has 0 bridgehead atoms. The van der Waals surface area contributed by atoms with E-state index in [0.717, 1.165) is 12.8 Å². The molecular weight excluding hydrogens is 230 g/mol. The summed E-state index contributed by atoms with van der Waals surface area (Å²) in [4.78, 5) is 14.8. The van der Waals surface area contributed by atoms with Crippen LogP contribution in [0.3, 0.4) is 0 Å². The van der Waals surface area contributed by atoms with Gasteiger partial charge in [-0.15, -0.1) is 0 Å². The molecule has 0 aromatic rings. The maximum atomic E-state index is 10.1. The number of hydroxylamine groups is 1. The van der Waals surface area contributed by atoms with E-state index in [1.165, 1.54) is 57.8 Å². The largest absolute Gasteiger partial charge is 0.464 e. The molecule has 18 heavy (non-hydrogen) atoms. The van der Waals surface area contributed by atoms with Crippen LogP contribution in [0.25, 0.3) is 0 Å². The van der Waals surface area contributed by atoms with Crippen LogP contribution in [-0.4, -0.2) is 17.8 Å². The van der Waals surface area contributed by atoms with Crippen LogP contribution in [0.1, 0.15) is 77.6 Å². The third-order valence-corrected chi connectivity index (χ3v) is 3.01. The lowest BCUT2D eigenvalue weighted by Gasteiger charge is -2.03. The standard InChI is InChI=1S/C14H29NO3/c1-2-3-4-5-6-7-8-9-10-11-12-13-18-15-14(16)17/h15H,2-13H2,1H3,(H,16,17). The number of rotatable bonds is 13. The van der Waals surface area contributed by atoms with E-state index in [2.05, 4.69) is 6.92 Å². The van der Waals surface area contributed by atoms with Gasteiger partial charge < -0.3 is 5.11 Å². The highest BCUT2D eigenvalue weighted by Gasteiger charge is 1.95. The van der Waals surface area contributed by atoms with Gasteiger partial charge in [0.15, 0.2) is 0 Å². The molecule has 0 heterocycles. The van der Waals surface area contributed by atoms with E-state index in [1.807, 2.05) is 5.48 Å². The Kier molecular flexibility index (Phi) is 13.7. The van der Waals surface area contributed by atoms with E-state index < -0.39 is 6.09 Å². The first-order valence-electron chi connectivity index (χ1n) is 7.38. The van der Waals surface area contributed by atoms with Crippen molar-refractivity contribution in [1.29, 1.82) is 0 Å². The van der Waals surface area contributed by atoms with Gasteiger partial charge in [0.1, 0.15) is 0 Å². The lowest BCUT2D eigenvalue weighted by Crippen LogP contribution is -2.21. The molecule has 1 amide bonds. The van der Waals surface area contributed by atoms with Crippen LogP contribution >= 0.6 is 0 Å². The van der Waals surface area contributed by atoms with E-state index in [0.29, 0.717) is 6.61 Å². The van der Waals surface area contributed by atoms with E-state index in [-0.39, 0.29) is 0 Å². The third kappa shape index (κ3) is 15.2. The zero-order chi connectivity index (χ0) is 13.5. The monoisotopic (exact) mass is 259 g/mol. The van der Waals surface area contributed by atoms with Crippen molar-refractivity contribution < 1.29 is 14.7 Å². The predicted molar refractivity (Wildman–Crippen MR) is 73.6 cm³/mol. The minimum Gasteiger partial charge on any atom is -0.464 e. The molecule has 0 spiro atoms. The van der Waals surface area contributed by atoms with Gasteiger partial charge in [-0.25, -0.2) is 4.79 Å². The number of amides is 1. The second kappa shape index (κ2) is 14.3. The Labute approximate surface area is 111 Å².